The van der Waals surface area contributed by atoms with Crippen LogP contribution in [-0.2, 0) is 22.3 Å². The average molecular weight is 394 g/mol. The maximum Gasteiger partial charge on any atom is 0.416 e. The van der Waals surface area contributed by atoms with Crippen molar-refractivity contribution in [1.82, 2.24) is 10.2 Å². The van der Waals surface area contributed by atoms with Crippen molar-refractivity contribution in [2.75, 3.05) is 6.54 Å². The van der Waals surface area contributed by atoms with Crippen LogP contribution < -0.4 is 11.1 Å². The number of rotatable bonds is 5. The second kappa shape index (κ2) is 9.23. The second-order valence-corrected chi connectivity index (χ2v) is 6.40. The summed E-state index contributed by atoms with van der Waals surface area (Å²) in [5, 5.41) is 2.66. The van der Waals surface area contributed by atoms with Gasteiger partial charge in [-0.3, -0.25) is 9.59 Å². The fraction of sp³-hybridized carbons (Fsp3) is 0.529. The summed E-state index contributed by atoms with van der Waals surface area (Å²) in [7, 11) is 0. The molecule has 1 saturated heterocycles. The molecule has 3 N–H and O–H groups in total. The van der Waals surface area contributed by atoms with Gasteiger partial charge < -0.3 is 16.0 Å². The van der Waals surface area contributed by atoms with Crippen LogP contribution in [0.5, 0.6) is 0 Å². The molecule has 1 fully saturated rings. The first-order chi connectivity index (χ1) is 11.7. The van der Waals surface area contributed by atoms with Crippen molar-refractivity contribution in [1.29, 1.82) is 0 Å². The van der Waals surface area contributed by atoms with Crippen LogP contribution in [0.25, 0.3) is 0 Å². The van der Waals surface area contributed by atoms with Crippen LogP contribution in [-0.4, -0.2) is 35.3 Å². The van der Waals surface area contributed by atoms with Gasteiger partial charge >= 0.3 is 6.18 Å². The maximum absolute atomic E-state index is 12.8. The number of nitrogens with one attached hydrogen (secondary N) is 1. The molecule has 2 amide bonds. The predicted molar refractivity (Wildman–Crippen MR) is 93.5 cm³/mol. The molecule has 0 aliphatic carbocycles. The zero-order valence-electron chi connectivity index (χ0n) is 14.4. The number of hydrogen-bond acceptors (Lipinski definition) is 3. The van der Waals surface area contributed by atoms with E-state index >= 15 is 0 Å². The van der Waals surface area contributed by atoms with Gasteiger partial charge in [0.2, 0.25) is 11.8 Å². The minimum absolute atomic E-state index is 0. The standard InChI is InChI=1S/C17H22F3N3O2.ClH/c1-11(21)8-15(24)22-14-6-3-7-23(16(14)25)10-12-4-2-5-13(9-12)17(18,19)20;/h2,4-5,9,11,14H,3,6-8,10,21H2,1H3,(H,22,24);1H. The molecule has 0 saturated carbocycles. The number of alkyl halides is 3. The number of nitrogens with zero attached hydrogens (tertiary/aromatic N) is 1. The van der Waals surface area contributed by atoms with Gasteiger partial charge in [0.15, 0.2) is 0 Å². The molecule has 146 valence electrons. The molecule has 2 rings (SSSR count). The molecule has 2 unspecified atom stereocenters. The lowest BCUT2D eigenvalue weighted by molar-refractivity contribution is -0.139. The SMILES string of the molecule is CC(N)CC(=O)NC1CCCN(Cc2cccc(C(F)(F)F)c2)C1=O.Cl. The summed E-state index contributed by atoms with van der Waals surface area (Å²) >= 11 is 0. The lowest BCUT2D eigenvalue weighted by atomic mass is 10.0. The van der Waals surface area contributed by atoms with Crippen LogP contribution in [0.4, 0.5) is 13.2 Å². The van der Waals surface area contributed by atoms with Crippen molar-refractivity contribution in [3.05, 3.63) is 35.4 Å². The monoisotopic (exact) mass is 393 g/mol. The summed E-state index contributed by atoms with van der Waals surface area (Å²) in [5.74, 6) is -0.573. The molecule has 1 aromatic carbocycles. The third-order valence-electron chi connectivity index (χ3n) is 4.00. The Labute approximate surface area is 156 Å². The van der Waals surface area contributed by atoms with E-state index in [1.807, 2.05) is 0 Å². The highest BCUT2D eigenvalue weighted by atomic mass is 35.5. The molecule has 1 aliphatic rings. The number of piperidine rings is 1. The third kappa shape index (κ3) is 6.17. The van der Waals surface area contributed by atoms with Gasteiger partial charge in [-0.05, 0) is 37.5 Å². The Balaban J connectivity index is 0.00000338. The summed E-state index contributed by atoms with van der Waals surface area (Å²) in [4.78, 5) is 25.8. The minimum Gasteiger partial charge on any atom is -0.344 e. The number of carbonyl (C=O) groups is 2. The highest BCUT2D eigenvalue weighted by Gasteiger charge is 2.32. The summed E-state index contributed by atoms with van der Waals surface area (Å²) in [6, 6.07) is 3.98. The zero-order chi connectivity index (χ0) is 18.6. The van der Waals surface area contributed by atoms with Crippen LogP contribution >= 0.6 is 12.4 Å². The lowest BCUT2D eigenvalue weighted by Crippen LogP contribution is -2.52. The van der Waals surface area contributed by atoms with Gasteiger partial charge in [0.1, 0.15) is 6.04 Å². The molecular formula is C17H23ClF3N3O2. The predicted octanol–water partition coefficient (Wildman–Crippen LogP) is 2.47. The van der Waals surface area contributed by atoms with Crippen LogP contribution in [0.15, 0.2) is 24.3 Å². The van der Waals surface area contributed by atoms with E-state index in [4.69, 9.17) is 5.73 Å². The van der Waals surface area contributed by atoms with Crippen LogP contribution in [0.1, 0.15) is 37.3 Å². The van der Waals surface area contributed by atoms with Gasteiger partial charge in [-0.2, -0.15) is 13.2 Å². The first-order valence-electron chi connectivity index (χ1n) is 8.16. The van der Waals surface area contributed by atoms with Gasteiger partial charge in [0.25, 0.3) is 0 Å². The Kier molecular flexibility index (Phi) is 7.89. The molecule has 0 spiro atoms. The van der Waals surface area contributed by atoms with Crippen LogP contribution in [0, 0.1) is 0 Å². The largest absolute Gasteiger partial charge is 0.416 e. The van der Waals surface area contributed by atoms with Crippen molar-refractivity contribution >= 4 is 24.2 Å². The highest BCUT2D eigenvalue weighted by Crippen LogP contribution is 2.30. The van der Waals surface area contributed by atoms with Gasteiger partial charge in [-0.25, -0.2) is 0 Å². The summed E-state index contributed by atoms with van der Waals surface area (Å²) in [6.07, 6.45) is -3.11. The highest BCUT2D eigenvalue weighted by molar-refractivity contribution is 5.88. The van der Waals surface area contributed by atoms with Crippen molar-refractivity contribution < 1.29 is 22.8 Å². The molecule has 1 aliphatic heterocycles. The van der Waals surface area contributed by atoms with E-state index in [9.17, 15) is 22.8 Å². The Morgan fingerprint density at radius 2 is 2.12 bits per heavy atom. The molecule has 9 heteroatoms. The van der Waals surface area contributed by atoms with Crippen molar-refractivity contribution in [3.63, 3.8) is 0 Å². The normalized spacial score (nSPS) is 18.9. The Hall–Kier alpha value is -1.80. The Bertz CT molecular complexity index is 638. The van der Waals surface area contributed by atoms with Gasteiger partial charge in [0, 0.05) is 25.6 Å². The molecular weight excluding hydrogens is 371 g/mol. The van der Waals surface area contributed by atoms with E-state index in [2.05, 4.69) is 5.32 Å². The topological polar surface area (TPSA) is 75.4 Å². The fourth-order valence-corrected chi connectivity index (χ4v) is 2.84. The fourth-order valence-electron chi connectivity index (χ4n) is 2.84. The molecule has 0 bridgehead atoms. The van der Waals surface area contributed by atoms with E-state index in [0.717, 1.165) is 12.1 Å². The molecule has 5 nitrogen and oxygen atoms in total. The third-order valence-corrected chi connectivity index (χ3v) is 4.00. The number of benzene rings is 1. The minimum atomic E-state index is -4.42. The van der Waals surface area contributed by atoms with Crippen LogP contribution in [0.2, 0.25) is 0 Å². The quantitative estimate of drug-likeness (QED) is 0.807. The molecule has 1 aromatic rings. The Morgan fingerprint density at radius 3 is 2.73 bits per heavy atom. The lowest BCUT2D eigenvalue weighted by Gasteiger charge is -2.33. The van der Waals surface area contributed by atoms with Crippen molar-refractivity contribution in [2.24, 2.45) is 5.73 Å². The van der Waals surface area contributed by atoms with E-state index in [-0.39, 0.29) is 43.2 Å². The zero-order valence-corrected chi connectivity index (χ0v) is 15.2. The molecule has 26 heavy (non-hydrogen) atoms. The number of carbonyl (C=O) groups excluding carboxylic acids is 2. The number of likely N-dealkylation sites (tertiary alicyclic amines) is 1. The number of hydrogen-bond donors (Lipinski definition) is 2. The smallest absolute Gasteiger partial charge is 0.344 e. The van der Waals surface area contributed by atoms with Gasteiger partial charge in [0.05, 0.1) is 5.56 Å². The van der Waals surface area contributed by atoms with Gasteiger partial charge in [-0.15, -0.1) is 12.4 Å². The van der Waals surface area contributed by atoms with E-state index in [1.54, 1.807) is 13.0 Å². The molecule has 2 atom stereocenters. The van der Waals surface area contributed by atoms with Crippen molar-refractivity contribution in [2.45, 2.75) is 51.0 Å². The molecule has 0 radical (unpaired) electrons. The van der Waals surface area contributed by atoms with Gasteiger partial charge in [-0.1, -0.05) is 12.1 Å². The first-order valence-corrected chi connectivity index (χ1v) is 8.16. The summed E-state index contributed by atoms with van der Waals surface area (Å²) in [5.41, 5.74) is 5.23. The first kappa shape index (κ1) is 22.2. The van der Waals surface area contributed by atoms with Crippen LogP contribution in [0.3, 0.4) is 0 Å². The van der Waals surface area contributed by atoms with Crippen molar-refractivity contribution in [3.8, 4) is 0 Å². The van der Waals surface area contributed by atoms with E-state index in [1.165, 1.54) is 11.0 Å². The number of halogens is 4. The maximum atomic E-state index is 12.8. The molecule has 0 aromatic heterocycles. The summed E-state index contributed by atoms with van der Waals surface area (Å²) < 4.78 is 38.4. The second-order valence-electron chi connectivity index (χ2n) is 6.40. The number of amides is 2. The summed E-state index contributed by atoms with van der Waals surface area (Å²) in [6.45, 7) is 2.24. The van der Waals surface area contributed by atoms with E-state index in [0.29, 0.717) is 24.9 Å². The molecule has 1 heterocycles. The van der Waals surface area contributed by atoms with E-state index < -0.39 is 17.8 Å². The Morgan fingerprint density at radius 1 is 1.42 bits per heavy atom. The average Bonchev–Trinajstić information content (AvgIpc) is 2.50. The number of nitrogens with two attached hydrogens (primary N) is 1.